The largest absolute Gasteiger partial charge is 0.462 e. The summed E-state index contributed by atoms with van der Waals surface area (Å²) >= 11 is 6.08. The van der Waals surface area contributed by atoms with Gasteiger partial charge in [0.05, 0.1) is 22.8 Å². The van der Waals surface area contributed by atoms with Gasteiger partial charge in [0.15, 0.2) is 0 Å². The number of anilines is 2. The monoisotopic (exact) mass is 486 g/mol. The molecule has 1 amide bonds. The number of ether oxygens (including phenoxy) is 1. The third kappa shape index (κ3) is 6.12. The lowest BCUT2D eigenvalue weighted by Crippen LogP contribution is -2.38. The van der Waals surface area contributed by atoms with Crippen molar-refractivity contribution < 1.29 is 22.7 Å². The number of amides is 1. The normalized spacial score (nSPS) is 11.0. The molecule has 172 valence electrons. The van der Waals surface area contributed by atoms with Crippen LogP contribution in [0.25, 0.3) is 0 Å². The minimum atomic E-state index is -4.05. The molecule has 0 saturated carbocycles. The summed E-state index contributed by atoms with van der Waals surface area (Å²) in [5, 5.41) is 3.00. The van der Waals surface area contributed by atoms with E-state index in [4.69, 9.17) is 16.3 Å². The molecule has 0 aromatic heterocycles. The molecule has 0 heterocycles. The lowest BCUT2D eigenvalue weighted by Gasteiger charge is -2.24. The summed E-state index contributed by atoms with van der Waals surface area (Å²) in [6, 6.07) is 18.8. The van der Waals surface area contributed by atoms with Gasteiger partial charge < -0.3 is 10.1 Å². The van der Waals surface area contributed by atoms with Crippen molar-refractivity contribution in [1.29, 1.82) is 0 Å². The third-order valence-electron chi connectivity index (χ3n) is 4.67. The fourth-order valence-electron chi connectivity index (χ4n) is 3.02. The maximum atomic E-state index is 13.4. The molecule has 0 aliphatic carbocycles. The SMILES string of the molecule is CCOC(=O)c1ccc(NC(=O)CN(c2cccc(Cl)c2)S(=O)(=O)c2ccc(C)cc2)cc1. The van der Waals surface area contributed by atoms with Gasteiger partial charge in [-0.1, -0.05) is 35.4 Å². The van der Waals surface area contributed by atoms with Crippen LogP contribution < -0.4 is 9.62 Å². The Balaban J connectivity index is 1.85. The van der Waals surface area contributed by atoms with Gasteiger partial charge in [-0.2, -0.15) is 0 Å². The highest BCUT2D eigenvalue weighted by Gasteiger charge is 2.27. The van der Waals surface area contributed by atoms with Crippen molar-refractivity contribution in [2.45, 2.75) is 18.7 Å². The molecule has 3 rings (SSSR count). The highest BCUT2D eigenvalue weighted by Crippen LogP contribution is 2.26. The first kappa shape index (κ1) is 24.3. The van der Waals surface area contributed by atoms with Gasteiger partial charge in [0, 0.05) is 10.7 Å². The van der Waals surface area contributed by atoms with Crippen LogP contribution in [0.15, 0.2) is 77.7 Å². The van der Waals surface area contributed by atoms with Crippen molar-refractivity contribution >= 4 is 44.9 Å². The van der Waals surface area contributed by atoms with Gasteiger partial charge in [-0.3, -0.25) is 9.10 Å². The van der Waals surface area contributed by atoms with Gasteiger partial charge in [-0.05, 0) is 68.4 Å². The number of rotatable bonds is 8. The van der Waals surface area contributed by atoms with Gasteiger partial charge in [-0.15, -0.1) is 0 Å². The van der Waals surface area contributed by atoms with Crippen molar-refractivity contribution in [2.75, 3.05) is 22.8 Å². The van der Waals surface area contributed by atoms with Crippen molar-refractivity contribution in [3.63, 3.8) is 0 Å². The van der Waals surface area contributed by atoms with Gasteiger partial charge in [-0.25, -0.2) is 13.2 Å². The van der Waals surface area contributed by atoms with Gasteiger partial charge in [0.25, 0.3) is 10.0 Å². The highest BCUT2D eigenvalue weighted by atomic mass is 35.5. The number of benzene rings is 3. The van der Waals surface area contributed by atoms with E-state index in [1.54, 1.807) is 49.4 Å². The fraction of sp³-hybridized carbons (Fsp3) is 0.167. The summed E-state index contributed by atoms with van der Waals surface area (Å²) in [4.78, 5) is 24.6. The number of carbonyl (C=O) groups is 2. The van der Waals surface area contributed by atoms with E-state index in [0.717, 1.165) is 9.87 Å². The number of aryl methyl sites for hydroxylation is 1. The van der Waals surface area contributed by atoms with E-state index in [0.29, 0.717) is 16.3 Å². The van der Waals surface area contributed by atoms with Crippen LogP contribution in [0.5, 0.6) is 0 Å². The predicted molar refractivity (Wildman–Crippen MR) is 128 cm³/mol. The third-order valence-corrected chi connectivity index (χ3v) is 6.70. The standard InChI is InChI=1S/C24H23ClN2O5S/c1-3-32-24(29)18-9-11-20(12-10-18)26-23(28)16-27(21-6-4-5-19(25)15-21)33(30,31)22-13-7-17(2)8-14-22/h4-15H,3,16H2,1-2H3,(H,26,28). The molecule has 0 unspecified atom stereocenters. The summed E-state index contributed by atoms with van der Waals surface area (Å²) in [6.45, 7) is 3.34. The van der Waals surface area contributed by atoms with Crippen LogP contribution in [0.2, 0.25) is 5.02 Å². The second kappa shape index (κ2) is 10.5. The molecule has 0 spiro atoms. The lowest BCUT2D eigenvalue weighted by atomic mass is 10.2. The lowest BCUT2D eigenvalue weighted by molar-refractivity contribution is -0.114. The number of nitrogens with one attached hydrogen (secondary N) is 1. The minimum absolute atomic E-state index is 0.0552. The molecule has 0 saturated heterocycles. The maximum Gasteiger partial charge on any atom is 0.338 e. The highest BCUT2D eigenvalue weighted by molar-refractivity contribution is 7.92. The van der Waals surface area contributed by atoms with Gasteiger partial charge in [0.1, 0.15) is 6.54 Å². The first-order valence-corrected chi connectivity index (χ1v) is 11.9. The Morgan fingerprint density at radius 2 is 1.67 bits per heavy atom. The van der Waals surface area contributed by atoms with Crippen LogP contribution in [0.3, 0.4) is 0 Å². The first-order valence-electron chi connectivity index (χ1n) is 10.1. The van der Waals surface area contributed by atoms with E-state index in [-0.39, 0.29) is 17.2 Å². The number of carbonyl (C=O) groups excluding carboxylic acids is 2. The molecule has 9 heteroatoms. The van der Waals surface area contributed by atoms with Crippen molar-refractivity contribution in [2.24, 2.45) is 0 Å². The number of nitrogens with zero attached hydrogens (tertiary/aromatic N) is 1. The van der Waals surface area contributed by atoms with Gasteiger partial charge in [0.2, 0.25) is 5.91 Å². The van der Waals surface area contributed by atoms with E-state index in [1.165, 1.54) is 30.3 Å². The van der Waals surface area contributed by atoms with Crippen LogP contribution in [0.1, 0.15) is 22.8 Å². The molecule has 7 nitrogen and oxygen atoms in total. The summed E-state index contributed by atoms with van der Waals surface area (Å²) < 4.78 is 32.7. The van der Waals surface area contributed by atoms with Crippen molar-refractivity contribution in [3.8, 4) is 0 Å². The Hall–Kier alpha value is -3.36. The Labute approximate surface area is 198 Å². The fourth-order valence-corrected chi connectivity index (χ4v) is 4.62. The second-order valence-corrected chi connectivity index (χ2v) is 9.45. The molecule has 33 heavy (non-hydrogen) atoms. The van der Waals surface area contributed by atoms with E-state index < -0.39 is 28.4 Å². The van der Waals surface area contributed by atoms with Gasteiger partial charge >= 0.3 is 5.97 Å². The van der Waals surface area contributed by atoms with Crippen LogP contribution in [0, 0.1) is 6.92 Å². The molecule has 0 fully saturated rings. The maximum absolute atomic E-state index is 13.4. The summed E-state index contributed by atoms with van der Waals surface area (Å²) in [6.07, 6.45) is 0. The molecule has 0 radical (unpaired) electrons. The van der Waals surface area contributed by atoms with E-state index in [2.05, 4.69) is 5.32 Å². The average Bonchev–Trinajstić information content (AvgIpc) is 2.78. The quantitative estimate of drug-likeness (QED) is 0.467. The Kier molecular flexibility index (Phi) is 7.73. The Bertz CT molecular complexity index is 1240. The summed E-state index contributed by atoms with van der Waals surface area (Å²) in [7, 11) is -4.05. The zero-order valence-electron chi connectivity index (χ0n) is 18.1. The summed E-state index contributed by atoms with van der Waals surface area (Å²) in [5.41, 5.74) is 1.92. The first-order chi connectivity index (χ1) is 15.7. The second-order valence-electron chi connectivity index (χ2n) is 7.15. The molecular formula is C24H23ClN2O5S. The van der Waals surface area contributed by atoms with Crippen molar-refractivity contribution in [1.82, 2.24) is 0 Å². The number of hydrogen-bond acceptors (Lipinski definition) is 5. The molecule has 3 aromatic rings. The van der Waals surface area contributed by atoms with Crippen LogP contribution in [0.4, 0.5) is 11.4 Å². The van der Waals surface area contributed by atoms with Crippen molar-refractivity contribution in [3.05, 3.63) is 88.9 Å². The predicted octanol–water partition coefficient (Wildman–Crippen LogP) is 4.66. The zero-order chi connectivity index (χ0) is 24.0. The van der Waals surface area contributed by atoms with Crippen LogP contribution in [-0.2, 0) is 19.6 Å². The Morgan fingerprint density at radius 3 is 2.27 bits per heavy atom. The molecule has 0 atom stereocenters. The van der Waals surface area contributed by atoms with E-state index in [1.807, 2.05) is 6.92 Å². The molecular weight excluding hydrogens is 464 g/mol. The molecule has 3 aromatic carbocycles. The number of esters is 1. The van der Waals surface area contributed by atoms with Crippen LogP contribution in [-0.4, -0.2) is 33.4 Å². The minimum Gasteiger partial charge on any atom is -0.462 e. The molecule has 1 N–H and O–H groups in total. The molecule has 0 bridgehead atoms. The molecule has 0 aliphatic heterocycles. The van der Waals surface area contributed by atoms with E-state index in [9.17, 15) is 18.0 Å². The van der Waals surface area contributed by atoms with E-state index >= 15 is 0 Å². The number of hydrogen-bond donors (Lipinski definition) is 1. The topological polar surface area (TPSA) is 92.8 Å². The van der Waals surface area contributed by atoms with Crippen LogP contribution >= 0.6 is 11.6 Å². The number of halogens is 1. The molecule has 0 aliphatic rings. The smallest absolute Gasteiger partial charge is 0.338 e. The average molecular weight is 487 g/mol. The number of sulfonamides is 1. The summed E-state index contributed by atoms with van der Waals surface area (Å²) in [5.74, 6) is -1.03. The Morgan fingerprint density at radius 1 is 1.00 bits per heavy atom. The zero-order valence-corrected chi connectivity index (χ0v) is 19.7.